The van der Waals surface area contributed by atoms with Crippen LogP contribution in [0.3, 0.4) is 0 Å². The van der Waals surface area contributed by atoms with Gasteiger partial charge in [-0.3, -0.25) is 4.99 Å². The first kappa shape index (κ1) is 25.0. The van der Waals surface area contributed by atoms with E-state index in [-0.39, 0.29) is 42.1 Å². The summed E-state index contributed by atoms with van der Waals surface area (Å²) in [6, 6.07) is 4.43. The molecule has 0 aliphatic heterocycles. The minimum atomic E-state index is -4.48. The molecule has 0 radical (unpaired) electrons. The Hall–Kier alpha value is -2.01. The van der Waals surface area contributed by atoms with Crippen molar-refractivity contribution in [1.82, 2.24) is 15.6 Å². The minimum absolute atomic E-state index is 0. The lowest BCUT2D eigenvalue weighted by Gasteiger charge is -2.08. The molecule has 1 heterocycles. The molecular formula is C17H15F6IN4S. The van der Waals surface area contributed by atoms with Gasteiger partial charge in [0.15, 0.2) is 11.7 Å². The Balaban J connectivity index is 0.00000420. The number of benzene rings is 1. The van der Waals surface area contributed by atoms with Gasteiger partial charge in [0.2, 0.25) is 0 Å². The molecule has 0 unspecified atom stereocenters. The summed E-state index contributed by atoms with van der Waals surface area (Å²) < 4.78 is 75.0. The Morgan fingerprint density at radius 1 is 1.07 bits per heavy atom. The summed E-state index contributed by atoms with van der Waals surface area (Å²) in [6.45, 7) is 0.180. The molecule has 2 aromatic rings. The van der Waals surface area contributed by atoms with E-state index in [2.05, 4.69) is 32.5 Å². The van der Waals surface area contributed by atoms with E-state index in [1.54, 1.807) is 0 Å². The Kier molecular flexibility index (Phi) is 9.21. The summed E-state index contributed by atoms with van der Waals surface area (Å²) in [5.74, 6) is 5.72. The van der Waals surface area contributed by atoms with Crippen molar-refractivity contribution in [2.75, 3.05) is 13.6 Å². The fraction of sp³-hybridized carbons (Fsp3) is 0.294. The smallest absolute Gasteiger partial charge is 0.350 e. The number of hydrogen-bond acceptors (Lipinski definition) is 3. The van der Waals surface area contributed by atoms with Gasteiger partial charge in [0, 0.05) is 18.0 Å². The number of aliphatic imine (C=N–C) groups is 1. The highest BCUT2D eigenvalue weighted by atomic mass is 127. The zero-order chi connectivity index (χ0) is 20.8. The number of halogens is 7. The number of nitrogens with zero attached hydrogens (tertiary/aromatic N) is 2. The van der Waals surface area contributed by atoms with Gasteiger partial charge in [-0.15, -0.1) is 35.3 Å². The van der Waals surface area contributed by atoms with Gasteiger partial charge in [0.1, 0.15) is 5.01 Å². The van der Waals surface area contributed by atoms with Crippen LogP contribution in [0.15, 0.2) is 34.6 Å². The first-order chi connectivity index (χ1) is 13.1. The maximum absolute atomic E-state index is 12.5. The average Bonchev–Trinajstić information content (AvgIpc) is 3.10. The highest BCUT2D eigenvalue weighted by Crippen LogP contribution is 2.30. The first-order valence-corrected chi connectivity index (χ1v) is 8.60. The maximum Gasteiger partial charge on any atom is 0.434 e. The molecule has 4 nitrogen and oxygen atoms in total. The molecule has 158 valence electrons. The van der Waals surface area contributed by atoms with Crippen LogP contribution in [0, 0.1) is 11.8 Å². The van der Waals surface area contributed by atoms with Crippen LogP contribution >= 0.6 is 35.3 Å². The third kappa shape index (κ3) is 8.09. The van der Waals surface area contributed by atoms with Gasteiger partial charge in [-0.2, -0.15) is 26.3 Å². The van der Waals surface area contributed by atoms with E-state index in [0.717, 1.165) is 28.8 Å². The Labute approximate surface area is 183 Å². The normalized spacial score (nSPS) is 11.9. The van der Waals surface area contributed by atoms with Crippen LogP contribution in [0.1, 0.15) is 21.8 Å². The Morgan fingerprint density at radius 2 is 1.72 bits per heavy atom. The van der Waals surface area contributed by atoms with Gasteiger partial charge < -0.3 is 10.6 Å². The van der Waals surface area contributed by atoms with Crippen LogP contribution in [0.2, 0.25) is 0 Å². The molecule has 29 heavy (non-hydrogen) atoms. The summed E-state index contributed by atoms with van der Waals surface area (Å²) in [6.07, 6.45) is -8.88. The van der Waals surface area contributed by atoms with Gasteiger partial charge in [-0.25, -0.2) is 4.98 Å². The molecule has 2 N–H and O–H groups in total. The van der Waals surface area contributed by atoms with E-state index < -0.39 is 23.6 Å². The molecule has 2 rings (SSSR count). The fourth-order valence-electron chi connectivity index (χ4n) is 1.92. The number of hydrogen-bond donors (Lipinski definition) is 2. The average molecular weight is 548 g/mol. The number of thiazole rings is 1. The Morgan fingerprint density at radius 3 is 2.24 bits per heavy atom. The molecule has 0 saturated carbocycles. The number of guanidine groups is 1. The predicted octanol–water partition coefficient (Wildman–Crippen LogP) is 4.52. The molecule has 0 aliphatic rings. The highest BCUT2D eigenvalue weighted by molar-refractivity contribution is 14.0. The van der Waals surface area contributed by atoms with Crippen LogP contribution in [0.25, 0.3) is 0 Å². The third-order valence-corrected chi connectivity index (χ3v) is 4.11. The number of nitrogens with one attached hydrogen (secondary N) is 2. The zero-order valence-corrected chi connectivity index (χ0v) is 17.9. The SMILES string of the molecule is CN=C(NCC#Cc1ccc(C(F)(F)F)cc1)NCc1nc(C(F)(F)F)cs1.I. The van der Waals surface area contributed by atoms with Crippen molar-refractivity contribution in [3.63, 3.8) is 0 Å². The maximum atomic E-state index is 12.5. The van der Waals surface area contributed by atoms with E-state index in [4.69, 9.17) is 0 Å². The minimum Gasteiger partial charge on any atom is -0.350 e. The highest BCUT2D eigenvalue weighted by Gasteiger charge is 2.33. The summed E-state index contributed by atoms with van der Waals surface area (Å²) in [4.78, 5) is 7.39. The van der Waals surface area contributed by atoms with Crippen LogP contribution in [-0.2, 0) is 18.9 Å². The Bertz CT molecular complexity index is 878. The number of rotatable bonds is 3. The van der Waals surface area contributed by atoms with Gasteiger partial charge in [0.25, 0.3) is 0 Å². The molecule has 1 aromatic heterocycles. The molecule has 1 aromatic carbocycles. The van der Waals surface area contributed by atoms with Crippen LogP contribution < -0.4 is 10.6 Å². The first-order valence-electron chi connectivity index (χ1n) is 7.72. The van der Waals surface area contributed by atoms with Gasteiger partial charge in [-0.1, -0.05) is 11.8 Å². The topological polar surface area (TPSA) is 49.3 Å². The van der Waals surface area contributed by atoms with Gasteiger partial charge >= 0.3 is 12.4 Å². The molecule has 0 atom stereocenters. The van der Waals surface area contributed by atoms with E-state index in [0.29, 0.717) is 11.5 Å². The van der Waals surface area contributed by atoms with Crippen molar-refractivity contribution in [2.24, 2.45) is 4.99 Å². The summed E-state index contributed by atoms with van der Waals surface area (Å²) in [7, 11) is 1.47. The van der Waals surface area contributed by atoms with Crippen molar-refractivity contribution in [2.45, 2.75) is 18.9 Å². The fourth-order valence-corrected chi connectivity index (χ4v) is 2.66. The lowest BCUT2D eigenvalue weighted by Crippen LogP contribution is -2.36. The monoisotopic (exact) mass is 548 g/mol. The molecule has 12 heteroatoms. The quantitative estimate of drug-likeness (QED) is 0.195. The zero-order valence-electron chi connectivity index (χ0n) is 14.8. The van der Waals surface area contributed by atoms with Crippen molar-refractivity contribution in [1.29, 1.82) is 0 Å². The van der Waals surface area contributed by atoms with E-state index >= 15 is 0 Å². The number of alkyl halides is 6. The number of aromatic nitrogens is 1. The summed E-state index contributed by atoms with van der Waals surface area (Å²) in [5, 5.41) is 6.80. The van der Waals surface area contributed by atoms with Crippen molar-refractivity contribution in [3.8, 4) is 11.8 Å². The molecule has 0 bridgehead atoms. The van der Waals surface area contributed by atoms with E-state index in [9.17, 15) is 26.3 Å². The van der Waals surface area contributed by atoms with Crippen LogP contribution in [0.5, 0.6) is 0 Å². The van der Waals surface area contributed by atoms with E-state index in [1.165, 1.54) is 19.2 Å². The molecule has 0 amide bonds. The summed E-state index contributed by atoms with van der Waals surface area (Å²) in [5.41, 5.74) is -1.28. The molecule has 0 aliphatic carbocycles. The lowest BCUT2D eigenvalue weighted by atomic mass is 10.1. The second-order valence-corrected chi connectivity index (χ2v) is 6.22. The van der Waals surface area contributed by atoms with E-state index in [1.807, 2.05) is 0 Å². The van der Waals surface area contributed by atoms with Crippen LogP contribution in [-0.4, -0.2) is 24.5 Å². The lowest BCUT2D eigenvalue weighted by molar-refractivity contribution is -0.141. The van der Waals surface area contributed by atoms with Crippen molar-refractivity contribution in [3.05, 3.63) is 51.5 Å². The predicted molar refractivity (Wildman–Crippen MR) is 109 cm³/mol. The molecule has 0 fully saturated rings. The third-order valence-electron chi connectivity index (χ3n) is 3.26. The largest absolute Gasteiger partial charge is 0.434 e. The van der Waals surface area contributed by atoms with Crippen molar-refractivity contribution >= 4 is 41.3 Å². The van der Waals surface area contributed by atoms with Crippen LogP contribution in [0.4, 0.5) is 26.3 Å². The molecule has 0 spiro atoms. The van der Waals surface area contributed by atoms with Gasteiger partial charge in [-0.05, 0) is 24.3 Å². The second kappa shape index (κ2) is 10.7. The second-order valence-electron chi connectivity index (χ2n) is 5.28. The molecule has 0 saturated heterocycles. The standard InChI is InChI=1S/C17H14F6N4S.HI/c1-24-15(26-9-14-27-13(10-28-14)17(21,22)23)25-8-2-3-11-4-6-12(7-5-11)16(18,19)20;/h4-7,10H,8-9H2,1H3,(H2,24,25,26);1H. The summed E-state index contributed by atoms with van der Waals surface area (Å²) >= 11 is 0.873. The molecular weight excluding hydrogens is 533 g/mol. The van der Waals surface area contributed by atoms with Crippen molar-refractivity contribution < 1.29 is 26.3 Å². The van der Waals surface area contributed by atoms with Gasteiger partial charge in [0.05, 0.1) is 18.7 Å².